The Balaban J connectivity index is 2.18. The Kier molecular flexibility index (Phi) is 3.90. The van der Waals surface area contributed by atoms with E-state index in [9.17, 15) is 4.79 Å². The Morgan fingerprint density at radius 3 is 2.79 bits per heavy atom. The molecule has 0 fully saturated rings. The van der Waals surface area contributed by atoms with Gasteiger partial charge in [0, 0.05) is 21.9 Å². The zero-order chi connectivity index (χ0) is 14.0. The third-order valence-electron chi connectivity index (χ3n) is 2.72. The summed E-state index contributed by atoms with van der Waals surface area (Å²) < 4.78 is 0.803. The molecule has 1 aromatic carbocycles. The molecular weight excluding hydrogens is 308 g/mol. The number of halogens is 1. The van der Waals surface area contributed by atoms with E-state index in [-0.39, 0.29) is 5.91 Å². The van der Waals surface area contributed by atoms with Crippen LogP contribution in [0.15, 0.2) is 28.7 Å². The van der Waals surface area contributed by atoms with Crippen molar-refractivity contribution >= 4 is 33.3 Å². The van der Waals surface area contributed by atoms with E-state index in [2.05, 4.69) is 31.4 Å². The molecule has 4 N–H and O–H groups in total. The summed E-state index contributed by atoms with van der Waals surface area (Å²) >= 11 is 3.32. The molecule has 1 heterocycles. The molecule has 0 saturated heterocycles. The number of nitrogen functional groups attached to an aromatic ring is 1. The van der Waals surface area contributed by atoms with Gasteiger partial charge in [0.2, 0.25) is 0 Å². The van der Waals surface area contributed by atoms with Crippen LogP contribution in [-0.2, 0) is 0 Å². The highest BCUT2D eigenvalue weighted by atomic mass is 79.9. The fourth-order valence-electron chi connectivity index (χ4n) is 1.61. The summed E-state index contributed by atoms with van der Waals surface area (Å²) in [4.78, 5) is 12.1. The molecule has 6 heteroatoms. The molecule has 0 radical (unpaired) electrons. The zero-order valence-corrected chi connectivity index (χ0v) is 12.3. The summed E-state index contributed by atoms with van der Waals surface area (Å²) in [7, 11) is 0. The molecule has 0 aliphatic heterocycles. The van der Waals surface area contributed by atoms with Crippen molar-refractivity contribution in [1.82, 2.24) is 10.2 Å². The van der Waals surface area contributed by atoms with Crippen molar-refractivity contribution in [1.29, 1.82) is 0 Å². The van der Waals surface area contributed by atoms with Crippen molar-refractivity contribution in [2.75, 3.05) is 11.1 Å². The molecule has 1 aromatic heterocycles. The Bertz CT molecular complexity index is 606. The topological polar surface area (TPSA) is 83.8 Å². The van der Waals surface area contributed by atoms with Crippen LogP contribution in [0.25, 0.3) is 0 Å². The van der Waals surface area contributed by atoms with Crippen LogP contribution >= 0.6 is 15.9 Å². The summed E-state index contributed by atoms with van der Waals surface area (Å²) in [5, 5.41) is 9.65. The number of nitrogens with two attached hydrogens (primary N) is 1. The predicted octanol–water partition coefficient (Wildman–Crippen LogP) is 3.13. The van der Waals surface area contributed by atoms with Gasteiger partial charge in [-0.1, -0.05) is 29.8 Å². The SMILES string of the molecule is CC(C)c1cc(NC(=O)c2cc(Br)ccc2N)n[nH]1. The molecular formula is C13H15BrN4O. The van der Waals surface area contributed by atoms with Crippen molar-refractivity contribution in [3.05, 3.63) is 40.0 Å². The molecule has 1 amide bonds. The minimum atomic E-state index is -0.277. The average Bonchev–Trinajstić information content (AvgIpc) is 2.80. The van der Waals surface area contributed by atoms with Gasteiger partial charge in [0.1, 0.15) is 0 Å². The lowest BCUT2D eigenvalue weighted by molar-refractivity contribution is 0.102. The number of amides is 1. The van der Waals surface area contributed by atoms with Crippen LogP contribution in [0, 0.1) is 0 Å². The molecule has 0 aliphatic rings. The maximum absolute atomic E-state index is 12.1. The van der Waals surface area contributed by atoms with Crippen LogP contribution in [0.4, 0.5) is 11.5 Å². The average molecular weight is 323 g/mol. The number of carbonyl (C=O) groups is 1. The predicted molar refractivity (Wildman–Crippen MR) is 79.2 cm³/mol. The number of hydrogen-bond acceptors (Lipinski definition) is 3. The van der Waals surface area contributed by atoms with E-state index in [1.807, 2.05) is 19.9 Å². The first kappa shape index (κ1) is 13.6. The van der Waals surface area contributed by atoms with Crippen molar-refractivity contribution < 1.29 is 4.79 Å². The van der Waals surface area contributed by atoms with E-state index in [1.165, 1.54) is 0 Å². The Morgan fingerprint density at radius 1 is 1.42 bits per heavy atom. The molecule has 100 valence electrons. The Labute approximate surface area is 119 Å². The molecule has 5 nitrogen and oxygen atoms in total. The van der Waals surface area contributed by atoms with Crippen molar-refractivity contribution in [2.24, 2.45) is 0 Å². The second-order valence-corrected chi connectivity index (χ2v) is 5.46. The van der Waals surface area contributed by atoms with Gasteiger partial charge in [-0.15, -0.1) is 0 Å². The fraction of sp³-hybridized carbons (Fsp3) is 0.231. The largest absolute Gasteiger partial charge is 0.398 e. The van der Waals surface area contributed by atoms with Gasteiger partial charge in [-0.05, 0) is 24.1 Å². The number of nitrogens with one attached hydrogen (secondary N) is 2. The van der Waals surface area contributed by atoms with Crippen molar-refractivity contribution in [2.45, 2.75) is 19.8 Å². The first-order valence-corrected chi connectivity index (χ1v) is 6.68. The minimum Gasteiger partial charge on any atom is -0.398 e. The Morgan fingerprint density at radius 2 is 2.16 bits per heavy atom. The molecule has 0 saturated carbocycles. The molecule has 0 aliphatic carbocycles. The minimum absolute atomic E-state index is 0.277. The van der Waals surface area contributed by atoms with E-state index < -0.39 is 0 Å². The molecule has 19 heavy (non-hydrogen) atoms. The summed E-state index contributed by atoms with van der Waals surface area (Å²) in [5.41, 5.74) is 7.61. The van der Waals surface area contributed by atoms with Crippen LogP contribution in [0.3, 0.4) is 0 Å². The highest BCUT2D eigenvalue weighted by Crippen LogP contribution is 2.20. The van der Waals surface area contributed by atoms with Crippen LogP contribution < -0.4 is 11.1 Å². The molecule has 0 atom stereocenters. The number of anilines is 2. The molecule has 2 aromatic rings. The second kappa shape index (κ2) is 5.44. The van der Waals surface area contributed by atoms with Gasteiger partial charge in [-0.2, -0.15) is 5.10 Å². The normalized spacial score (nSPS) is 10.7. The number of hydrogen-bond donors (Lipinski definition) is 3. The lowest BCUT2D eigenvalue weighted by Gasteiger charge is -2.05. The highest BCUT2D eigenvalue weighted by Gasteiger charge is 2.12. The van der Waals surface area contributed by atoms with E-state index in [0.717, 1.165) is 10.2 Å². The summed E-state index contributed by atoms with van der Waals surface area (Å²) in [6, 6.07) is 6.97. The number of nitrogens with zero attached hydrogens (tertiary/aromatic N) is 1. The van der Waals surface area contributed by atoms with Gasteiger partial charge in [0.25, 0.3) is 5.91 Å². The lowest BCUT2D eigenvalue weighted by atomic mass is 10.1. The summed E-state index contributed by atoms with van der Waals surface area (Å²) in [6.45, 7) is 4.09. The lowest BCUT2D eigenvalue weighted by Crippen LogP contribution is -2.14. The number of benzene rings is 1. The Hall–Kier alpha value is -1.82. The maximum Gasteiger partial charge on any atom is 0.258 e. The number of aromatic amines is 1. The van der Waals surface area contributed by atoms with Gasteiger partial charge < -0.3 is 11.1 Å². The van der Waals surface area contributed by atoms with Gasteiger partial charge >= 0.3 is 0 Å². The van der Waals surface area contributed by atoms with Gasteiger partial charge in [0.15, 0.2) is 5.82 Å². The smallest absolute Gasteiger partial charge is 0.258 e. The molecule has 0 bridgehead atoms. The monoisotopic (exact) mass is 322 g/mol. The summed E-state index contributed by atoms with van der Waals surface area (Å²) in [6.07, 6.45) is 0. The van der Waals surface area contributed by atoms with Crippen molar-refractivity contribution in [3.63, 3.8) is 0 Å². The number of rotatable bonds is 3. The first-order chi connectivity index (χ1) is 8.97. The quantitative estimate of drug-likeness (QED) is 0.759. The van der Waals surface area contributed by atoms with Crippen LogP contribution in [0.2, 0.25) is 0 Å². The van der Waals surface area contributed by atoms with Gasteiger partial charge in [0.05, 0.1) is 5.56 Å². The van der Waals surface area contributed by atoms with E-state index in [1.54, 1.807) is 18.2 Å². The maximum atomic E-state index is 12.1. The molecule has 0 spiro atoms. The first-order valence-electron chi connectivity index (χ1n) is 5.89. The van der Waals surface area contributed by atoms with E-state index >= 15 is 0 Å². The second-order valence-electron chi connectivity index (χ2n) is 4.55. The highest BCUT2D eigenvalue weighted by molar-refractivity contribution is 9.10. The van der Waals surface area contributed by atoms with Crippen LogP contribution in [-0.4, -0.2) is 16.1 Å². The van der Waals surface area contributed by atoms with Crippen molar-refractivity contribution in [3.8, 4) is 0 Å². The number of aromatic nitrogens is 2. The standard InChI is InChI=1S/C13H15BrN4O/c1-7(2)11-6-12(18-17-11)16-13(19)9-5-8(14)3-4-10(9)15/h3-7H,15H2,1-2H3,(H2,16,17,18,19). The van der Waals surface area contributed by atoms with E-state index in [0.29, 0.717) is 23.0 Å². The van der Waals surface area contributed by atoms with Crippen LogP contribution in [0.5, 0.6) is 0 Å². The fourth-order valence-corrected chi connectivity index (χ4v) is 1.97. The molecule has 0 unspecified atom stereocenters. The number of carbonyl (C=O) groups excluding carboxylic acids is 1. The molecule has 2 rings (SSSR count). The third kappa shape index (κ3) is 3.14. The van der Waals surface area contributed by atoms with E-state index in [4.69, 9.17) is 5.73 Å². The van der Waals surface area contributed by atoms with Gasteiger partial charge in [-0.3, -0.25) is 9.89 Å². The van der Waals surface area contributed by atoms with Crippen LogP contribution in [0.1, 0.15) is 35.8 Å². The number of H-pyrrole nitrogens is 1. The third-order valence-corrected chi connectivity index (χ3v) is 3.21. The summed E-state index contributed by atoms with van der Waals surface area (Å²) in [5.74, 6) is 0.544. The zero-order valence-electron chi connectivity index (χ0n) is 10.7. The van der Waals surface area contributed by atoms with Gasteiger partial charge in [-0.25, -0.2) is 0 Å².